The molecule has 1 heterocycles. The Bertz CT molecular complexity index is 404. The number of alkyl halides is 3. The van der Waals surface area contributed by atoms with Crippen molar-refractivity contribution in [3.63, 3.8) is 0 Å². The van der Waals surface area contributed by atoms with E-state index in [9.17, 15) is 8.78 Å². The molecule has 0 unspecified atom stereocenters. The standard InChI is InChI=1S/C9H7BrF2N2O/c10-2-5-1-6(4-15)14-7(3-13)8(5)9(11)12/h1,9,15H,2,4H2. The van der Waals surface area contributed by atoms with Crippen LogP contribution in [0.2, 0.25) is 0 Å². The van der Waals surface area contributed by atoms with Crippen LogP contribution in [-0.2, 0) is 11.9 Å². The van der Waals surface area contributed by atoms with Crippen LogP contribution in [0, 0.1) is 11.3 Å². The van der Waals surface area contributed by atoms with Gasteiger partial charge in [0, 0.05) is 5.33 Å². The van der Waals surface area contributed by atoms with E-state index >= 15 is 0 Å². The Morgan fingerprint density at radius 3 is 2.67 bits per heavy atom. The SMILES string of the molecule is N#Cc1nc(CO)cc(CBr)c1C(F)F. The lowest BCUT2D eigenvalue weighted by molar-refractivity contribution is 0.149. The Hall–Kier alpha value is -1.06. The van der Waals surface area contributed by atoms with Gasteiger partial charge in [0.25, 0.3) is 6.43 Å². The lowest BCUT2D eigenvalue weighted by atomic mass is 10.1. The molecule has 0 fully saturated rings. The molecule has 0 saturated heterocycles. The minimum absolute atomic E-state index is 0.191. The number of halogens is 3. The lowest BCUT2D eigenvalue weighted by Gasteiger charge is -2.09. The monoisotopic (exact) mass is 276 g/mol. The molecule has 0 aliphatic heterocycles. The molecule has 1 aromatic heterocycles. The maximum absolute atomic E-state index is 12.6. The van der Waals surface area contributed by atoms with Crippen molar-refractivity contribution in [1.29, 1.82) is 5.26 Å². The molecule has 1 aromatic rings. The molecule has 80 valence electrons. The highest BCUT2D eigenvalue weighted by Gasteiger charge is 2.19. The fourth-order valence-corrected chi connectivity index (χ4v) is 1.65. The molecular formula is C9H7BrF2N2O. The molecule has 1 rings (SSSR count). The molecule has 0 aliphatic carbocycles. The highest BCUT2D eigenvalue weighted by atomic mass is 79.9. The van der Waals surface area contributed by atoms with Crippen molar-refractivity contribution in [3.05, 3.63) is 28.6 Å². The van der Waals surface area contributed by atoms with Gasteiger partial charge in [0.15, 0.2) is 0 Å². The Kier molecular flexibility index (Phi) is 4.12. The maximum atomic E-state index is 12.6. The summed E-state index contributed by atoms with van der Waals surface area (Å²) >= 11 is 3.05. The number of pyridine rings is 1. The second-order valence-corrected chi connectivity index (χ2v) is 3.30. The maximum Gasteiger partial charge on any atom is 0.266 e. The molecule has 0 saturated carbocycles. The molecule has 3 nitrogen and oxygen atoms in total. The van der Waals surface area contributed by atoms with Gasteiger partial charge >= 0.3 is 0 Å². The van der Waals surface area contributed by atoms with Crippen molar-refractivity contribution in [2.75, 3.05) is 0 Å². The largest absolute Gasteiger partial charge is 0.390 e. The first-order chi connectivity index (χ1) is 7.13. The molecule has 0 bridgehead atoms. The molecule has 15 heavy (non-hydrogen) atoms. The van der Waals surface area contributed by atoms with Gasteiger partial charge in [-0.05, 0) is 11.6 Å². The van der Waals surface area contributed by atoms with E-state index in [1.807, 2.05) is 0 Å². The van der Waals surface area contributed by atoms with Gasteiger partial charge in [-0.2, -0.15) is 5.26 Å². The average Bonchev–Trinajstić information content (AvgIpc) is 2.26. The van der Waals surface area contributed by atoms with Crippen LogP contribution >= 0.6 is 15.9 Å². The summed E-state index contributed by atoms with van der Waals surface area (Å²) in [6.07, 6.45) is -2.74. The number of rotatable bonds is 3. The number of nitriles is 1. The van der Waals surface area contributed by atoms with Crippen LogP contribution in [0.1, 0.15) is 28.9 Å². The summed E-state index contributed by atoms with van der Waals surface area (Å²) in [5.41, 5.74) is -0.205. The topological polar surface area (TPSA) is 56.9 Å². The Balaban J connectivity index is 3.41. The number of aliphatic hydroxyl groups excluding tert-OH is 1. The number of aromatic nitrogens is 1. The molecule has 0 aromatic carbocycles. The minimum atomic E-state index is -2.74. The van der Waals surface area contributed by atoms with Crippen molar-refractivity contribution in [2.24, 2.45) is 0 Å². The zero-order valence-electron chi connectivity index (χ0n) is 7.54. The summed E-state index contributed by atoms with van der Waals surface area (Å²) in [4.78, 5) is 3.63. The van der Waals surface area contributed by atoms with E-state index in [0.717, 1.165) is 0 Å². The molecule has 0 radical (unpaired) electrons. The van der Waals surface area contributed by atoms with E-state index in [-0.39, 0.29) is 34.5 Å². The smallest absolute Gasteiger partial charge is 0.266 e. The third-order valence-corrected chi connectivity index (χ3v) is 2.43. The van der Waals surface area contributed by atoms with E-state index in [1.165, 1.54) is 6.07 Å². The van der Waals surface area contributed by atoms with Gasteiger partial charge in [0.2, 0.25) is 0 Å². The van der Waals surface area contributed by atoms with Crippen molar-refractivity contribution < 1.29 is 13.9 Å². The molecule has 6 heteroatoms. The van der Waals surface area contributed by atoms with Crippen LogP contribution in [0.5, 0.6) is 0 Å². The van der Waals surface area contributed by atoms with Crippen molar-refractivity contribution in [2.45, 2.75) is 18.4 Å². The number of hydrogen-bond acceptors (Lipinski definition) is 3. The highest BCUT2D eigenvalue weighted by molar-refractivity contribution is 9.08. The van der Waals surface area contributed by atoms with E-state index in [0.29, 0.717) is 0 Å². The second kappa shape index (κ2) is 5.14. The van der Waals surface area contributed by atoms with Crippen LogP contribution in [0.25, 0.3) is 0 Å². The van der Waals surface area contributed by atoms with E-state index in [2.05, 4.69) is 20.9 Å². The summed E-state index contributed by atoms with van der Waals surface area (Å²) in [5.74, 6) is 0. The number of nitrogens with zero attached hydrogens (tertiary/aromatic N) is 2. The predicted molar refractivity (Wildman–Crippen MR) is 52.5 cm³/mol. The van der Waals surface area contributed by atoms with E-state index < -0.39 is 6.43 Å². The van der Waals surface area contributed by atoms with Gasteiger partial charge in [-0.25, -0.2) is 13.8 Å². The van der Waals surface area contributed by atoms with Crippen molar-refractivity contribution in [3.8, 4) is 6.07 Å². The minimum Gasteiger partial charge on any atom is -0.390 e. The third kappa shape index (κ3) is 2.49. The third-order valence-electron chi connectivity index (χ3n) is 1.83. The fraction of sp³-hybridized carbons (Fsp3) is 0.333. The van der Waals surface area contributed by atoms with E-state index in [1.54, 1.807) is 6.07 Å². The van der Waals surface area contributed by atoms with Gasteiger partial charge in [-0.3, -0.25) is 0 Å². The first-order valence-corrected chi connectivity index (χ1v) is 5.14. The summed E-state index contributed by atoms with van der Waals surface area (Å²) in [6.45, 7) is -0.377. The predicted octanol–water partition coefficient (Wildman–Crippen LogP) is 2.28. The normalized spacial score (nSPS) is 10.4. The first kappa shape index (κ1) is 12.0. The average molecular weight is 277 g/mol. The zero-order chi connectivity index (χ0) is 11.4. The molecular weight excluding hydrogens is 270 g/mol. The quantitative estimate of drug-likeness (QED) is 0.862. The van der Waals surface area contributed by atoms with Gasteiger partial charge < -0.3 is 5.11 Å². The molecule has 0 atom stereocenters. The Labute approximate surface area is 93.5 Å². The van der Waals surface area contributed by atoms with E-state index in [4.69, 9.17) is 10.4 Å². The fourth-order valence-electron chi connectivity index (χ4n) is 1.19. The van der Waals surface area contributed by atoms with Crippen molar-refractivity contribution in [1.82, 2.24) is 4.98 Å². The number of aliphatic hydroxyl groups is 1. The van der Waals surface area contributed by atoms with Crippen molar-refractivity contribution >= 4 is 15.9 Å². The molecule has 0 aliphatic rings. The van der Waals surface area contributed by atoms with Gasteiger partial charge in [0.1, 0.15) is 11.8 Å². The summed E-state index contributed by atoms with van der Waals surface area (Å²) in [5, 5.41) is 17.7. The zero-order valence-corrected chi connectivity index (χ0v) is 9.13. The van der Waals surface area contributed by atoms with Crippen LogP contribution in [0.4, 0.5) is 8.78 Å². The summed E-state index contributed by atoms with van der Waals surface area (Å²) < 4.78 is 25.2. The first-order valence-electron chi connectivity index (χ1n) is 4.01. The van der Waals surface area contributed by atoms with Crippen LogP contribution < -0.4 is 0 Å². The van der Waals surface area contributed by atoms with Gasteiger partial charge in [0.05, 0.1) is 17.9 Å². The molecule has 0 amide bonds. The van der Waals surface area contributed by atoms with Gasteiger partial charge in [-0.15, -0.1) is 0 Å². The lowest BCUT2D eigenvalue weighted by Crippen LogP contribution is -2.03. The molecule has 0 spiro atoms. The Morgan fingerprint density at radius 2 is 2.27 bits per heavy atom. The van der Waals surface area contributed by atoms with Crippen LogP contribution in [-0.4, -0.2) is 10.1 Å². The molecule has 1 N–H and O–H groups in total. The number of hydrogen-bond donors (Lipinski definition) is 1. The van der Waals surface area contributed by atoms with Crippen LogP contribution in [0.15, 0.2) is 6.07 Å². The highest BCUT2D eigenvalue weighted by Crippen LogP contribution is 2.27. The van der Waals surface area contributed by atoms with Crippen LogP contribution in [0.3, 0.4) is 0 Å². The Morgan fingerprint density at radius 1 is 1.60 bits per heavy atom. The van der Waals surface area contributed by atoms with Gasteiger partial charge in [-0.1, -0.05) is 15.9 Å². The summed E-state index contributed by atoms with van der Waals surface area (Å²) in [6, 6.07) is 2.96. The second-order valence-electron chi connectivity index (χ2n) is 2.74. The summed E-state index contributed by atoms with van der Waals surface area (Å²) in [7, 11) is 0.